The smallest absolute Gasteiger partial charge is 0.133 e. The van der Waals surface area contributed by atoms with Gasteiger partial charge < -0.3 is 10.6 Å². The Balaban J connectivity index is 2.19. The number of nitrogens with zero attached hydrogens (tertiary/aromatic N) is 1. The maximum Gasteiger partial charge on any atom is 0.133 e. The van der Waals surface area contributed by atoms with Crippen LogP contribution in [0.25, 0.3) is 10.8 Å². The number of fused-ring (bicyclic) bond motifs is 1. The molecule has 0 atom stereocenters. The van der Waals surface area contributed by atoms with E-state index in [4.69, 9.17) is 0 Å². The van der Waals surface area contributed by atoms with Crippen LogP contribution >= 0.6 is 15.9 Å². The number of halogens is 1. The number of anilines is 1. The van der Waals surface area contributed by atoms with E-state index in [1.807, 2.05) is 24.4 Å². The number of hydrogen-bond acceptors (Lipinski definition) is 3. The van der Waals surface area contributed by atoms with Gasteiger partial charge in [-0.05, 0) is 18.7 Å². The molecule has 3 nitrogen and oxygen atoms in total. The summed E-state index contributed by atoms with van der Waals surface area (Å²) in [6.07, 6.45) is 1.84. The van der Waals surface area contributed by atoms with Crippen molar-refractivity contribution < 1.29 is 0 Å². The second kappa shape index (κ2) is 5.98. The Morgan fingerprint density at radius 1 is 1.18 bits per heavy atom. The lowest BCUT2D eigenvalue weighted by Crippen LogP contribution is -2.21. The van der Waals surface area contributed by atoms with Crippen LogP contribution in [0.2, 0.25) is 0 Å². The Bertz CT molecular complexity index is 499. The predicted molar refractivity (Wildman–Crippen MR) is 76.5 cm³/mol. The Hall–Kier alpha value is -1.13. The second-order valence-corrected chi connectivity index (χ2v) is 4.63. The molecule has 0 unspecified atom stereocenters. The third-order valence-electron chi connectivity index (χ3n) is 2.60. The van der Waals surface area contributed by atoms with E-state index in [2.05, 4.69) is 44.5 Å². The third-order valence-corrected chi connectivity index (χ3v) is 3.29. The molecule has 0 fully saturated rings. The maximum absolute atomic E-state index is 4.39. The first-order valence-corrected chi connectivity index (χ1v) is 6.60. The molecule has 1 heterocycles. The molecule has 2 N–H and O–H groups in total. The second-order valence-electron chi connectivity index (χ2n) is 3.77. The molecule has 2 aromatic rings. The van der Waals surface area contributed by atoms with Crippen molar-refractivity contribution in [2.24, 2.45) is 0 Å². The molecule has 90 valence electrons. The van der Waals surface area contributed by atoms with Crippen LogP contribution in [-0.4, -0.2) is 24.6 Å². The number of pyridine rings is 1. The zero-order valence-corrected chi connectivity index (χ0v) is 11.4. The van der Waals surface area contributed by atoms with Gasteiger partial charge in [-0.2, -0.15) is 0 Å². The predicted octanol–water partition coefficient (Wildman–Crippen LogP) is 3.02. The number of likely N-dealkylation sites (N-methyl/N-ethyl adjacent to an activating group) is 1. The monoisotopic (exact) mass is 293 g/mol. The van der Waals surface area contributed by atoms with E-state index in [-0.39, 0.29) is 0 Å². The normalized spacial score (nSPS) is 10.7. The van der Waals surface area contributed by atoms with Crippen LogP contribution in [-0.2, 0) is 0 Å². The first kappa shape index (κ1) is 12.3. The molecule has 0 aliphatic heterocycles. The first-order chi connectivity index (χ1) is 8.33. The lowest BCUT2D eigenvalue weighted by molar-refractivity contribution is 0.738. The fourth-order valence-electron chi connectivity index (χ4n) is 1.76. The van der Waals surface area contributed by atoms with Crippen LogP contribution in [0.15, 0.2) is 34.9 Å². The quantitative estimate of drug-likeness (QED) is 0.832. The van der Waals surface area contributed by atoms with Crippen molar-refractivity contribution >= 4 is 32.5 Å². The molecule has 0 bridgehead atoms. The van der Waals surface area contributed by atoms with Gasteiger partial charge in [0.15, 0.2) is 0 Å². The van der Waals surface area contributed by atoms with Crippen molar-refractivity contribution in [2.75, 3.05) is 25.0 Å². The van der Waals surface area contributed by atoms with Crippen molar-refractivity contribution in [1.29, 1.82) is 0 Å². The van der Waals surface area contributed by atoms with Gasteiger partial charge in [0, 0.05) is 34.5 Å². The summed E-state index contributed by atoms with van der Waals surface area (Å²) >= 11 is 3.56. The Labute approximate surface area is 110 Å². The van der Waals surface area contributed by atoms with Gasteiger partial charge >= 0.3 is 0 Å². The Kier molecular flexibility index (Phi) is 4.34. The van der Waals surface area contributed by atoms with E-state index >= 15 is 0 Å². The van der Waals surface area contributed by atoms with Crippen LogP contribution in [0.4, 0.5) is 5.82 Å². The average molecular weight is 294 g/mol. The molecule has 17 heavy (non-hydrogen) atoms. The summed E-state index contributed by atoms with van der Waals surface area (Å²) in [6, 6.07) is 8.19. The molecule has 0 saturated heterocycles. The van der Waals surface area contributed by atoms with E-state index in [1.54, 1.807) is 0 Å². The molecular formula is C13H16BrN3. The molecule has 0 amide bonds. The summed E-state index contributed by atoms with van der Waals surface area (Å²) in [5.41, 5.74) is 0. The number of hydrogen-bond donors (Lipinski definition) is 2. The number of rotatable bonds is 5. The fraction of sp³-hybridized carbons (Fsp3) is 0.308. The van der Waals surface area contributed by atoms with Crippen molar-refractivity contribution in [3.05, 3.63) is 34.9 Å². The SMILES string of the molecule is CCNCCNc1nccc2c(Br)cccc12. The van der Waals surface area contributed by atoms with Gasteiger partial charge in [0.25, 0.3) is 0 Å². The minimum atomic E-state index is 0.881. The number of benzene rings is 1. The van der Waals surface area contributed by atoms with Gasteiger partial charge in [-0.1, -0.05) is 35.0 Å². The molecule has 1 aromatic carbocycles. The van der Waals surface area contributed by atoms with E-state index in [1.165, 1.54) is 5.39 Å². The van der Waals surface area contributed by atoms with Gasteiger partial charge in [-0.15, -0.1) is 0 Å². The molecule has 0 aliphatic carbocycles. The Morgan fingerprint density at radius 2 is 2.06 bits per heavy atom. The van der Waals surface area contributed by atoms with Gasteiger partial charge in [-0.3, -0.25) is 0 Å². The Morgan fingerprint density at radius 3 is 2.88 bits per heavy atom. The van der Waals surface area contributed by atoms with Crippen LogP contribution < -0.4 is 10.6 Å². The minimum absolute atomic E-state index is 0.881. The fourth-order valence-corrected chi connectivity index (χ4v) is 2.25. The molecule has 0 saturated carbocycles. The standard InChI is InChI=1S/C13H16BrN3/c1-2-15-8-9-17-13-11-4-3-5-12(14)10(11)6-7-16-13/h3-7,15H,2,8-9H2,1H3,(H,16,17). The average Bonchev–Trinajstić information content (AvgIpc) is 2.36. The van der Waals surface area contributed by atoms with Crippen LogP contribution in [0.1, 0.15) is 6.92 Å². The van der Waals surface area contributed by atoms with Gasteiger partial charge in [-0.25, -0.2) is 4.98 Å². The number of aromatic nitrogens is 1. The molecular weight excluding hydrogens is 278 g/mol. The van der Waals surface area contributed by atoms with E-state index in [9.17, 15) is 0 Å². The van der Waals surface area contributed by atoms with Gasteiger partial charge in [0.2, 0.25) is 0 Å². The molecule has 2 rings (SSSR count). The lowest BCUT2D eigenvalue weighted by atomic mass is 10.1. The molecule has 0 aliphatic rings. The molecule has 0 spiro atoms. The molecule has 1 aromatic heterocycles. The third kappa shape index (κ3) is 2.96. The van der Waals surface area contributed by atoms with Crippen molar-refractivity contribution in [3.63, 3.8) is 0 Å². The van der Waals surface area contributed by atoms with Crippen molar-refractivity contribution in [3.8, 4) is 0 Å². The van der Waals surface area contributed by atoms with Crippen LogP contribution in [0, 0.1) is 0 Å². The molecule has 4 heteroatoms. The maximum atomic E-state index is 4.39. The summed E-state index contributed by atoms with van der Waals surface area (Å²) in [7, 11) is 0. The van der Waals surface area contributed by atoms with Crippen molar-refractivity contribution in [1.82, 2.24) is 10.3 Å². The highest BCUT2D eigenvalue weighted by Crippen LogP contribution is 2.27. The van der Waals surface area contributed by atoms with E-state index in [0.29, 0.717) is 0 Å². The summed E-state index contributed by atoms with van der Waals surface area (Å²) in [4.78, 5) is 4.39. The van der Waals surface area contributed by atoms with E-state index < -0.39 is 0 Å². The highest BCUT2D eigenvalue weighted by atomic mass is 79.9. The minimum Gasteiger partial charge on any atom is -0.368 e. The summed E-state index contributed by atoms with van der Waals surface area (Å²) < 4.78 is 1.10. The van der Waals surface area contributed by atoms with E-state index in [0.717, 1.165) is 35.3 Å². The topological polar surface area (TPSA) is 37.0 Å². The van der Waals surface area contributed by atoms with Crippen LogP contribution in [0.5, 0.6) is 0 Å². The summed E-state index contributed by atoms with van der Waals surface area (Å²) in [5, 5.41) is 8.97. The first-order valence-electron chi connectivity index (χ1n) is 5.80. The van der Waals surface area contributed by atoms with Crippen LogP contribution in [0.3, 0.4) is 0 Å². The lowest BCUT2D eigenvalue weighted by Gasteiger charge is -2.09. The zero-order chi connectivity index (χ0) is 12.1. The highest BCUT2D eigenvalue weighted by Gasteiger charge is 2.03. The zero-order valence-electron chi connectivity index (χ0n) is 9.83. The highest BCUT2D eigenvalue weighted by molar-refractivity contribution is 9.10. The summed E-state index contributed by atoms with van der Waals surface area (Å²) in [6.45, 7) is 4.93. The largest absolute Gasteiger partial charge is 0.368 e. The van der Waals surface area contributed by atoms with Crippen molar-refractivity contribution in [2.45, 2.75) is 6.92 Å². The van der Waals surface area contributed by atoms with Gasteiger partial charge in [0.1, 0.15) is 5.82 Å². The molecule has 0 radical (unpaired) electrons. The summed E-state index contributed by atoms with van der Waals surface area (Å²) in [5.74, 6) is 0.946. The number of nitrogens with one attached hydrogen (secondary N) is 2. The van der Waals surface area contributed by atoms with Gasteiger partial charge in [0.05, 0.1) is 0 Å².